The van der Waals surface area contributed by atoms with Gasteiger partial charge in [-0.05, 0) is 35.9 Å². The van der Waals surface area contributed by atoms with Crippen molar-refractivity contribution in [1.29, 1.82) is 0 Å². The van der Waals surface area contributed by atoms with Gasteiger partial charge in [0.15, 0.2) is 11.6 Å². The number of hydrogen-bond acceptors (Lipinski definition) is 4. The van der Waals surface area contributed by atoms with Crippen molar-refractivity contribution in [3.8, 4) is 5.75 Å². The highest BCUT2D eigenvalue weighted by atomic mass is 35.5. The van der Waals surface area contributed by atoms with E-state index in [2.05, 4.69) is 4.72 Å². The second-order valence-corrected chi connectivity index (χ2v) is 8.63. The number of rotatable bonds is 8. The first-order chi connectivity index (χ1) is 11.8. The third-order valence-corrected chi connectivity index (χ3v) is 6.43. The molecular formula is C16H16Cl2FNO3S2. The Morgan fingerprint density at radius 1 is 1.20 bits per heavy atom. The predicted molar refractivity (Wildman–Crippen MR) is 101 cm³/mol. The van der Waals surface area contributed by atoms with Crippen LogP contribution in [0, 0.1) is 5.82 Å². The summed E-state index contributed by atoms with van der Waals surface area (Å²) in [6.45, 7) is 0.197. The molecule has 0 aliphatic heterocycles. The topological polar surface area (TPSA) is 55.4 Å². The van der Waals surface area contributed by atoms with Crippen LogP contribution < -0.4 is 9.46 Å². The highest BCUT2D eigenvalue weighted by Gasteiger charge is 2.16. The first kappa shape index (κ1) is 20.3. The summed E-state index contributed by atoms with van der Waals surface area (Å²) in [6, 6.07) is 8.77. The van der Waals surface area contributed by atoms with E-state index in [1.807, 2.05) is 0 Å². The van der Waals surface area contributed by atoms with Crippen LogP contribution in [0.15, 0.2) is 41.3 Å². The molecule has 0 unspecified atom stereocenters. The molecule has 2 aromatic rings. The monoisotopic (exact) mass is 423 g/mol. The van der Waals surface area contributed by atoms with Crippen LogP contribution in [-0.4, -0.2) is 27.8 Å². The van der Waals surface area contributed by atoms with Gasteiger partial charge in [-0.1, -0.05) is 29.3 Å². The van der Waals surface area contributed by atoms with Gasteiger partial charge < -0.3 is 4.74 Å². The molecule has 0 atom stereocenters. The quantitative estimate of drug-likeness (QED) is 0.641. The van der Waals surface area contributed by atoms with Crippen LogP contribution in [0.3, 0.4) is 0 Å². The van der Waals surface area contributed by atoms with Crippen LogP contribution >= 0.6 is 35.0 Å². The number of thioether (sulfide) groups is 1. The highest BCUT2D eigenvalue weighted by molar-refractivity contribution is 7.98. The van der Waals surface area contributed by atoms with Gasteiger partial charge in [-0.15, -0.1) is 0 Å². The zero-order valence-corrected chi connectivity index (χ0v) is 16.4. The molecule has 25 heavy (non-hydrogen) atoms. The number of sulfonamides is 1. The average molecular weight is 424 g/mol. The minimum Gasteiger partial charge on any atom is -0.494 e. The Morgan fingerprint density at radius 3 is 2.48 bits per heavy atom. The van der Waals surface area contributed by atoms with Gasteiger partial charge >= 0.3 is 0 Å². The van der Waals surface area contributed by atoms with E-state index in [0.717, 1.165) is 11.6 Å². The molecule has 0 aromatic heterocycles. The van der Waals surface area contributed by atoms with Gasteiger partial charge in [0.1, 0.15) is 0 Å². The van der Waals surface area contributed by atoms with E-state index in [0.29, 0.717) is 21.6 Å². The number of methoxy groups -OCH3 is 1. The minimum atomic E-state index is -3.78. The van der Waals surface area contributed by atoms with Crippen molar-refractivity contribution < 1.29 is 17.5 Å². The highest BCUT2D eigenvalue weighted by Crippen LogP contribution is 2.28. The van der Waals surface area contributed by atoms with E-state index in [4.69, 9.17) is 27.9 Å². The number of halogens is 3. The fourth-order valence-corrected chi connectivity index (χ4v) is 4.76. The molecule has 0 saturated heterocycles. The zero-order valence-electron chi connectivity index (χ0n) is 13.3. The molecule has 2 aromatic carbocycles. The van der Waals surface area contributed by atoms with E-state index < -0.39 is 15.8 Å². The van der Waals surface area contributed by atoms with Crippen LogP contribution in [0.5, 0.6) is 5.75 Å². The molecule has 0 amide bonds. The number of benzene rings is 2. The maximum absolute atomic E-state index is 13.6. The maximum atomic E-state index is 13.6. The van der Waals surface area contributed by atoms with Crippen molar-refractivity contribution in [3.63, 3.8) is 0 Å². The fourth-order valence-electron chi connectivity index (χ4n) is 1.99. The molecule has 136 valence electrons. The van der Waals surface area contributed by atoms with E-state index in [1.54, 1.807) is 18.2 Å². The Balaban J connectivity index is 1.87. The molecule has 4 nitrogen and oxygen atoms in total. The first-order valence-electron chi connectivity index (χ1n) is 7.19. The summed E-state index contributed by atoms with van der Waals surface area (Å²) in [5.74, 6) is 0.343. The number of ether oxygens (including phenoxy) is 1. The Hall–Kier alpha value is -0.990. The second-order valence-electron chi connectivity index (χ2n) is 4.95. The van der Waals surface area contributed by atoms with Crippen LogP contribution in [0.25, 0.3) is 0 Å². The lowest BCUT2D eigenvalue weighted by molar-refractivity contribution is 0.385. The standard InChI is InChI=1S/C16H16Cl2FNO3S2/c1-23-16-6-5-11(9-15(16)19)25(21,22)20-7-8-24-10-12-13(17)3-2-4-14(12)18/h2-6,9,20H,7-8,10H2,1H3. The van der Waals surface area contributed by atoms with Gasteiger partial charge in [0.05, 0.1) is 12.0 Å². The summed E-state index contributed by atoms with van der Waals surface area (Å²) < 4.78 is 45.2. The summed E-state index contributed by atoms with van der Waals surface area (Å²) in [7, 11) is -2.47. The van der Waals surface area contributed by atoms with E-state index in [1.165, 1.54) is 31.0 Å². The van der Waals surface area contributed by atoms with Gasteiger partial charge in [-0.2, -0.15) is 11.8 Å². The van der Waals surface area contributed by atoms with Gasteiger partial charge in [0, 0.05) is 28.1 Å². The summed E-state index contributed by atoms with van der Waals surface area (Å²) in [5, 5.41) is 1.16. The predicted octanol–water partition coefficient (Wildman–Crippen LogP) is 4.35. The van der Waals surface area contributed by atoms with Crippen LogP contribution in [0.2, 0.25) is 10.0 Å². The van der Waals surface area contributed by atoms with Crippen molar-refractivity contribution in [1.82, 2.24) is 4.72 Å². The molecule has 1 N–H and O–H groups in total. The fraction of sp³-hybridized carbons (Fsp3) is 0.250. The smallest absolute Gasteiger partial charge is 0.240 e. The van der Waals surface area contributed by atoms with Gasteiger partial charge in [-0.3, -0.25) is 0 Å². The first-order valence-corrected chi connectivity index (χ1v) is 10.6. The summed E-state index contributed by atoms with van der Waals surface area (Å²) in [4.78, 5) is -0.148. The minimum absolute atomic E-state index is 0.00822. The zero-order chi connectivity index (χ0) is 18.4. The van der Waals surface area contributed by atoms with Crippen molar-refractivity contribution in [2.24, 2.45) is 0 Å². The number of nitrogens with one attached hydrogen (secondary N) is 1. The molecular weight excluding hydrogens is 408 g/mol. The Bertz CT molecular complexity index is 827. The molecule has 0 heterocycles. The van der Waals surface area contributed by atoms with Gasteiger partial charge in [-0.25, -0.2) is 17.5 Å². The molecule has 0 fully saturated rings. The molecule has 9 heteroatoms. The third-order valence-electron chi connectivity index (χ3n) is 3.28. The molecule has 0 aliphatic carbocycles. The third kappa shape index (κ3) is 5.49. The SMILES string of the molecule is COc1ccc(S(=O)(=O)NCCSCc2c(Cl)cccc2Cl)cc1F. The molecule has 0 saturated carbocycles. The van der Waals surface area contributed by atoms with E-state index >= 15 is 0 Å². The van der Waals surface area contributed by atoms with Crippen molar-refractivity contribution in [2.45, 2.75) is 10.6 Å². The lowest BCUT2D eigenvalue weighted by Gasteiger charge is -2.09. The van der Waals surface area contributed by atoms with Crippen molar-refractivity contribution >= 4 is 45.0 Å². The summed E-state index contributed by atoms with van der Waals surface area (Å²) in [5.41, 5.74) is 0.816. The molecule has 2 rings (SSSR count). The van der Waals surface area contributed by atoms with Gasteiger partial charge in [0.2, 0.25) is 10.0 Å². The molecule has 0 radical (unpaired) electrons. The Kier molecular flexibility index (Phi) is 7.39. The van der Waals surface area contributed by atoms with Crippen LogP contribution in [0.4, 0.5) is 4.39 Å². The molecule has 0 aliphatic rings. The Labute approximate surface area is 160 Å². The van der Waals surface area contributed by atoms with E-state index in [9.17, 15) is 12.8 Å². The maximum Gasteiger partial charge on any atom is 0.240 e. The van der Waals surface area contributed by atoms with E-state index in [-0.39, 0.29) is 17.2 Å². The summed E-state index contributed by atoms with van der Waals surface area (Å²) >= 11 is 13.6. The Morgan fingerprint density at radius 2 is 1.88 bits per heavy atom. The number of hydrogen-bond donors (Lipinski definition) is 1. The second kappa shape index (κ2) is 9.09. The lowest BCUT2D eigenvalue weighted by Crippen LogP contribution is -2.26. The van der Waals surface area contributed by atoms with Crippen LogP contribution in [-0.2, 0) is 15.8 Å². The average Bonchev–Trinajstić information content (AvgIpc) is 2.56. The normalized spacial score (nSPS) is 11.5. The molecule has 0 spiro atoms. The summed E-state index contributed by atoms with van der Waals surface area (Å²) in [6.07, 6.45) is 0. The van der Waals surface area contributed by atoms with Crippen LogP contribution in [0.1, 0.15) is 5.56 Å². The molecule has 0 bridgehead atoms. The van der Waals surface area contributed by atoms with Crippen molar-refractivity contribution in [3.05, 3.63) is 57.8 Å². The van der Waals surface area contributed by atoms with Crippen molar-refractivity contribution in [2.75, 3.05) is 19.4 Å². The lowest BCUT2D eigenvalue weighted by atomic mass is 10.2. The largest absolute Gasteiger partial charge is 0.494 e. The van der Waals surface area contributed by atoms with Gasteiger partial charge in [0.25, 0.3) is 0 Å².